The van der Waals surface area contributed by atoms with E-state index in [0.717, 1.165) is 10.9 Å². The molecule has 1 unspecified atom stereocenters. The molecule has 1 aliphatic rings. The first kappa shape index (κ1) is 13.2. The zero-order chi connectivity index (χ0) is 13.9. The lowest BCUT2D eigenvalue weighted by Crippen LogP contribution is -2.38. The monoisotopic (exact) mass is 271 g/mol. The van der Waals surface area contributed by atoms with E-state index in [9.17, 15) is 4.79 Å². The molecule has 1 aromatic heterocycles. The molecule has 1 aromatic carbocycles. The predicted octanol–water partition coefficient (Wildman–Crippen LogP) is 3.26. The normalized spacial score (nSPS) is 18.1. The highest BCUT2D eigenvalue weighted by molar-refractivity contribution is 6.05. The lowest BCUT2D eigenvalue weighted by Gasteiger charge is -2.28. The number of benzene rings is 1. The van der Waals surface area contributed by atoms with Crippen LogP contribution in [0.1, 0.15) is 49.4 Å². The molecule has 1 amide bonds. The van der Waals surface area contributed by atoms with Crippen molar-refractivity contribution in [2.75, 3.05) is 0 Å². The zero-order valence-corrected chi connectivity index (χ0v) is 11.9. The SMILES string of the molecule is CC(NC(=O)c1cccc2cn[nH]c12)C1CCCCC1. The highest BCUT2D eigenvalue weighted by atomic mass is 16.1. The van der Waals surface area contributed by atoms with Crippen molar-refractivity contribution < 1.29 is 4.79 Å². The molecule has 20 heavy (non-hydrogen) atoms. The van der Waals surface area contributed by atoms with Gasteiger partial charge in [0.1, 0.15) is 0 Å². The van der Waals surface area contributed by atoms with E-state index < -0.39 is 0 Å². The van der Waals surface area contributed by atoms with E-state index in [0.29, 0.717) is 11.5 Å². The first-order valence-corrected chi connectivity index (χ1v) is 7.48. The third kappa shape index (κ3) is 2.55. The summed E-state index contributed by atoms with van der Waals surface area (Å²) in [4.78, 5) is 12.5. The second-order valence-electron chi connectivity index (χ2n) is 5.80. The highest BCUT2D eigenvalue weighted by Gasteiger charge is 2.22. The van der Waals surface area contributed by atoms with Crippen LogP contribution in [-0.4, -0.2) is 22.1 Å². The lowest BCUT2D eigenvalue weighted by molar-refractivity contribution is 0.0921. The molecule has 0 radical (unpaired) electrons. The number of fused-ring (bicyclic) bond motifs is 1. The maximum absolute atomic E-state index is 12.5. The fraction of sp³-hybridized carbons (Fsp3) is 0.500. The van der Waals surface area contributed by atoms with E-state index in [1.54, 1.807) is 6.20 Å². The number of rotatable bonds is 3. The van der Waals surface area contributed by atoms with Gasteiger partial charge in [-0.15, -0.1) is 0 Å². The van der Waals surface area contributed by atoms with Crippen LogP contribution in [0.3, 0.4) is 0 Å². The standard InChI is InChI=1S/C16H21N3O/c1-11(12-6-3-2-4-7-12)18-16(20)14-9-5-8-13-10-17-19-15(13)14/h5,8-12H,2-4,6-7H2,1H3,(H,17,19)(H,18,20). The van der Waals surface area contributed by atoms with Gasteiger partial charge in [0, 0.05) is 11.4 Å². The van der Waals surface area contributed by atoms with Gasteiger partial charge in [-0.25, -0.2) is 0 Å². The van der Waals surface area contributed by atoms with Crippen molar-refractivity contribution in [3.8, 4) is 0 Å². The molecule has 1 heterocycles. The summed E-state index contributed by atoms with van der Waals surface area (Å²) in [5.41, 5.74) is 1.50. The average Bonchev–Trinajstić information content (AvgIpc) is 2.96. The average molecular weight is 271 g/mol. The Hall–Kier alpha value is -1.84. The zero-order valence-electron chi connectivity index (χ0n) is 11.9. The summed E-state index contributed by atoms with van der Waals surface area (Å²) >= 11 is 0. The van der Waals surface area contributed by atoms with Gasteiger partial charge in [-0.05, 0) is 31.7 Å². The van der Waals surface area contributed by atoms with E-state index in [1.807, 2.05) is 18.2 Å². The summed E-state index contributed by atoms with van der Waals surface area (Å²) in [5.74, 6) is 0.617. The van der Waals surface area contributed by atoms with Gasteiger partial charge >= 0.3 is 0 Å². The van der Waals surface area contributed by atoms with Crippen LogP contribution in [0.2, 0.25) is 0 Å². The summed E-state index contributed by atoms with van der Waals surface area (Å²) < 4.78 is 0. The van der Waals surface area contributed by atoms with E-state index in [-0.39, 0.29) is 11.9 Å². The fourth-order valence-corrected chi connectivity index (χ4v) is 3.19. The minimum absolute atomic E-state index is 0.00192. The molecule has 4 nitrogen and oxygen atoms in total. The van der Waals surface area contributed by atoms with Crippen molar-refractivity contribution in [1.29, 1.82) is 0 Å². The molecular weight excluding hydrogens is 250 g/mol. The molecule has 4 heteroatoms. The Balaban J connectivity index is 1.74. The van der Waals surface area contributed by atoms with Crippen LogP contribution in [0.25, 0.3) is 10.9 Å². The van der Waals surface area contributed by atoms with Gasteiger partial charge in [0.15, 0.2) is 0 Å². The van der Waals surface area contributed by atoms with Crippen LogP contribution >= 0.6 is 0 Å². The maximum atomic E-state index is 12.5. The van der Waals surface area contributed by atoms with Crippen LogP contribution in [-0.2, 0) is 0 Å². The number of aromatic nitrogens is 2. The Morgan fingerprint density at radius 2 is 2.15 bits per heavy atom. The number of nitrogens with one attached hydrogen (secondary N) is 2. The Bertz CT molecular complexity index is 599. The molecule has 3 rings (SSSR count). The maximum Gasteiger partial charge on any atom is 0.253 e. The first-order valence-electron chi connectivity index (χ1n) is 7.48. The molecule has 1 fully saturated rings. The molecule has 2 aromatic rings. The fourth-order valence-electron chi connectivity index (χ4n) is 3.19. The van der Waals surface area contributed by atoms with Crippen molar-refractivity contribution in [2.45, 2.75) is 45.1 Å². The van der Waals surface area contributed by atoms with E-state index in [4.69, 9.17) is 0 Å². The van der Waals surface area contributed by atoms with Crippen molar-refractivity contribution in [2.24, 2.45) is 5.92 Å². The molecule has 0 bridgehead atoms. The van der Waals surface area contributed by atoms with Gasteiger partial charge in [0.2, 0.25) is 0 Å². The molecule has 0 spiro atoms. The Labute approximate surface area is 119 Å². The third-order valence-electron chi connectivity index (χ3n) is 4.44. The Morgan fingerprint density at radius 3 is 2.95 bits per heavy atom. The molecule has 1 atom stereocenters. The molecule has 0 aliphatic heterocycles. The number of amides is 1. The molecule has 106 valence electrons. The van der Waals surface area contributed by atoms with E-state index in [2.05, 4.69) is 22.4 Å². The summed E-state index contributed by atoms with van der Waals surface area (Å²) in [6.45, 7) is 2.13. The smallest absolute Gasteiger partial charge is 0.253 e. The van der Waals surface area contributed by atoms with Gasteiger partial charge in [-0.2, -0.15) is 5.10 Å². The van der Waals surface area contributed by atoms with Crippen LogP contribution in [0, 0.1) is 5.92 Å². The number of hydrogen-bond donors (Lipinski definition) is 2. The number of hydrogen-bond acceptors (Lipinski definition) is 2. The second kappa shape index (κ2) is 5.65. The summed E-state index contributed by atoms with van der Waals surface area (Å²) in [5, 5.41) is 11.1. The molecular formula is C16H21N3O. The van der Waals surface area contributed by atoms with Crippen LogP contribution in [0.15, 0.2) is 24.4 Å². The molecule has 0 saturated heterocycles. The van der Waals surface area contributed by atoms with Gasteiger partial charge in [0.05, 0.1) is 17.3 Å². The Kier molecular flexibility index (Phi) is 3.72. The van der Waals surface area contributed by atoms with Crippen molar-refractivity contribution >= 4 is 16.8 Å². The van der Waals surface area contributed by atoms with Crippen LogP contribution in [0.5, 0.6) is 0 Å². The van der Waals surface area contributed by atoms with Crippen molar-refractivity contribution in [1.82, 2.24) is 15.5 Å². The summed E-state index contributed by atoms with van der Waals surface area (Å²) in [6.07, 6.45) is 8.13. The van der Waals surface area contributed by atoms with E-state index in [1.165, 1.54) is 32.1 Å². The Morgan fingerprint density at radius 1 is 1.35 bits per heavy atom. The largest absolute Gasteiger partial charge is 0.349 e. The topological polar surface area (TPSA) is 57.8 Å². The van der Waals surface area contributed by atoms with Gasteiger partial charge in [-0.3, -0.25) is 9.89 Å². The van der Waals surface area contributed by atoms with Crippen LogP contribution in [0.4, 0.5) is 0 Å². The minimum Gasteiger partial charge on any atom is -0.349 e. The van der Waals surface area contributed by atoms with Gasteiger partial charge < -0.3 is 5.32 Å². The third-order valence-corrected chi connectivity index (χ3v) is 4.44. The van der Waals surface area contributed by atoms with Gasteiger partial charge in [-0.1, -0.05) is 31.4 Å². The second-order valence-corrected chi connectivity index (χ2v) is 5.80. The molecule has 1 aliphatic carbocycles. The highest BCUT2D eigenvalue weighted by Crippen LogP contribution is 2.26. The molecule has 2 N–H and O–H groups in total. The number of carbonyl (C=O) groups is 1. The first-order chi connectivity index (χ1) is 9.75. The summed E-state index contributed by atoms with van der Waals surface area (Å²) in [6, 6.07) is 5.95. The number of nitrogens with zero attached hydrogens (tertiary/aromatic N) is 1. The number of para-hydroxylation sites is 1. The number of carbonyl (C=O) groups excluding carboxylic acids is 1. The minimum atomic E-state index is -0.00192. The van der Waals surface area contributed by atoms with E-state index >= 15 is 0 Å². The van der Waals surface area contributed by atoms with Crippen molar-refractivity contribution in [3.05, 3.63) is 30.0 Å². The van der Waals surface area contributed by atoms with Crippen LogP contribution < -0.4 is 5.32 Å². The number of H-pyrrole nitrogens is 1. The predicted molar refractivity (Wildman–Crippen MR) is 79.6 cm³/mol. The molecule has 1 saturated carbocycles. The lowest BCUT2D eigenvalue weighted by atomic mass is 9.84. The van der Waals surface area contributed by atoms with Crippen molar-refractivity contribution in [3.63, 3.8) is 0 Å². The number of aromatic amines is 1. The summed E-state index contributed by atoms with van der Waals surface area (Å²) in [7, 11) is 0. The quantitative estimate of drug-likeness (QED) is 0.900. The van der Waals surface area contributed by atoms with Gasteiger partial charge in [0.25, 0.3) is 5.91 Å².